The summed E-state index contributed by atoms with van der Waals surface area (Å²) in [4.78, 5) is 29.5. The van der Waals surface area contributed by atoms with Gasteiger partial charge in [-0.25, -0.2) is 9.78 Å². The van der Waals surface area contributed by atoms with Crippen LogP contribution in [0.4, 0.5) is 27.9 Å². The van der Waals surface area contributed by atoms with Crippen molar-refractivity contribution in [2.75, 3.05) is 49.0 Å². The molecule has 1 N–H and O–H groups in total. The van der Waals surface area contributed by atoms with E-state index in [2.05, 4.69) is 22.1 Å². The van der Waals surface area contributed by atoms with Crippen LogP contribution in [-0.2, 0) is 6.54 Å². The van der Waals surface area contributed by atoms with Crippen molar-refractivity contribution in [3.8, 4) is 11.5 Å². The van der Waals surface area contributed by atoms with E-state index in [9.17, 15) is 4.79 Å². The molecule has 3 heterocycles. The minimum absolute atomic E-state index is 0.0498. The van der Waals surface area contributed by atoms with E-state index >= 15 is 0 Å². The number of methoxy groups -OCH3 is 2. The molecule has 188 valence electrons. The second-order valence-corrected chi connectivity index (χ2v) is 9.01. The number of ether oxygens (including phenoxy) is 2. The number of carbonyl (C=O) groups is 1. The van der Waals surface area contributed by atoms with Gasteiger partial charge in [0.2, 0.25) is 5.95 Å². The first kappa shape index (κ1) is 23.9. The lowest BCUT2D eigenvalue weighted by Gasteiger charge is -2.43. The Labute approximate surface area is 211 Å². The first-order valence-corrected chi connectivity index (χ1v) is 12.3. The second-order valence-electron chi connectivity index (χ2n) is 9.01. The maximum Gasteiger partial charge on any atom is 0.330 e. The SMILES string of the molecule is CCN1CCC(N2C(=O)N(c3cc(OC)cc(OC)c3)Cc3cnc(Nc4ccccc4)nc32)CC1. The molecule has 1 aromatic heterocycles. The number of aromatic nitrogens is 2. The van der Waals surface area contributed by atoms with E-state index in [0.717, 1.165) is 43.7 Å². The molecule has 0 unspecified atom stereocenters. The maximum atomic E-state index is 14.1. The summed E-state index contributed by atoms with van der Waals surface area (Å²) in [7, 11) is 3.21. The van der Waals surface area contributed by atoms with Gasteiger partial charge in [-0.1, -0.05) is 25.1 Å². The molecule has 2 aromatic carbocycles. The normalized spacial score (nSPS) is 16.6. The molecular weight excluding hydrogens is 456 g/mol. The topological polar surface area (TPSA) is 83.1 Å². The third-order valence-electron chi connectivity index (χ3n) is 6.88. The van der Waals surface area contributed by atoms with Crippen LogP contribution < -0.4 is 24.6 Å². The monoisotopic (exact) mass is 488 g/mol. The number of likely N-dealkylation sites (tertiary alicyclic amines) is 1. The van der Waals surface area contributed by atoms with Gasteiger partial charge in [-0.05, 0) is 31.5 Å². The van der Waals surface area contributed by atoms with Crippen molar-refractivity contribution in [3.05, 3.63) is 60.3 Å². The van der Waals surface area contributed by atoms with Crippen molar-refractivity contribution in [1.82, 2.24) is 14.9 Å². The summed E-state index contributed by atoms with van der Waals surface area (Å²) in [5, 5.41) is 3.27. The number of fused-ring (bicyclic) bond motifs is 1. The number of nitrogens with zero attached hydrogens (tertiary/aromatic N) is 5. The van der Waals surface area contributed by atoms with Gasteiger partial charge in [0.05, 0.1) is 26.5 Å². The highest BCUT2D eigenvalue weighted by Gasteiger charge is 2.39. The molecule has 0 atom stereocenters. The first-order chi connectivity index (χ1) is 17.6. The molecule has 0 radical (unpaired) electrons. The molecule has 1 fully saturated rings. The fraction of sp³-hybridized carbons (Fsp3) is 0.370. The highest BCUT2D eigenvalue weighted by Crippen LogP contribution is 2.37. The predicted octanol–water partition coefficient (Wildman–Crippen LogP) is 4.67. The Hall–Kier alpha value is -3.85. The van der Waals surface area contributed by atoms with E-state index in [4.69, 9.17) is 14.5 Å². The van der Waals surface area contributed by atoms with Crippen molar-refractivity contribution in [2.24, 2.45) is 0 Å². The van der Waals surface area contributed by atoms with Gasteiger partial charge in [-0.15, -0.1) is 0 Å². The minimum atomic E-state index is -0.0999. The van der Waals surface area contributed by atoms with Crippen LogP contribution >= 0.6 is 0 Å². The summed E-state index contributed by atoms with van der Waals surface area (Å²) in [6.07, 6.45) is 3.60. The lowest BCUT2D eigenvalue weighted by molar-refractivity contribution is 0.211. The number of benzene rings is 2. The van der Waals surface area contributed by atoms with Crippen molar-refractivity contribution >= 4 is 29.2 Å². The fourth-order valence-electron chi connectivity index (χ4n) is 4.86. The Morgan fingerprint density at radius 2 is 1.72 bits per heavy atom. The average molecular weight is 489 g/mol. The lowest BCUT2D eigenvalue weighted by Crippen LogP contribution is -2.55. The molecule has 3 aromatic rings. The number of nitrogens with one attached hydrogen (secondary N) is 1. The summed E-state index contributed by atoms with van der Waals surface area (Å²) in [5.41, 5.74) is 2.50. The van der Waals surface area contributed by atoms with Gasteiger partial charge in [-0.2, -0.15) is 4.98 Å². The lowest BCUT2D eigenvalue weighted by atomic mass is 10.0. The highest BCUT2D eigenvalue weighted by atomic mass is 16.5. The molecule has 36 heavy (non-hydrogen) atoms. The van der Waals surface area contributed by atoms with E-state index in [1.54, 1.807) is 25.2 Å². The molecule has 2 aliphatic rings. The molecule has 0 spiro atoms. The Kier molecular flexibility index (Phi) is 6.90. The van der Waals surface area contributed by atoms with Gasteiger partial charge in [0, 0.05) is 54.8 Å². The number of urea groups is 1. The summed E-state index contributed by atoms with van der Waals surface area (Å²) in [5.74, 6) is 2.41. The van der Waals surface area contributed by atoms with Crippen LogP contribution in [0.1, 0.15) is 25.3 Å². The third kappa shape index (κ3) is 4.79. The Morgan fingerprint density at radius 1 is 1.03 bits per heavy atom. The molecule has 0 aliphatic carbocycles. The number of piperidine rings is 1. The maximum absolute atomic E-state index is 14.1. The molecular formula is C27H32N6O3. The van der Waals surface area contributed by atoms with Gasteiger partial charge in [0.25, 0.3) is 0 Å². The molecule has 9 heteroatoms. The fourth-order valence-corrected chi connectivity index (χ4v) is 4.86. The van der Waals surface area contributed by atoms with Crippen LogP contribution in [-0.4, -0.2) is 60.8 Å². The number of amides is 2. The quantitative estimate of drug-likeness (QED) is 0.518. The van der Waals surface area contributed by atoms with Crippen molar-refractivity contribution in [2.45, 2.75) is 32.4 Å². The summed E-state index contributed by atoms with van der Waals surface area (Å²) < 4.78 is 10.9. The number of anilines is 4. The molecule has 2 amide bonds. The van der Waals surface area contributed by atoms with Gasteiger partial charge in [0.1, 0.15) is 17.3 Å². The summed E-state index contributed by atoms with van der Waals surface area (Å²) in [6.45, 7) is 5.45. The standard InChI is InChI=1S/C27H32N6O3/c1-4-31-12-10-21(11-13-31)33-25-19(17-28-26(30-25)29-20-8-6-5-7-9-20)18-32(27(33)34)22-14-23(35-2)16-24(15-22)36-3/h5-9,14-17,21H,4,10-13,18H2,1-3H3,(H,28,29,30). The van der Waals surface area contributed by atoms with E-state index in [1.807, 2.05) is 53.6 Å². The minimum Gasteiger partial charge on any atom is -0.497 e. The van der Waals surface area contributed by atoms with Crippen LogP contribution in [0.2, 0.25) is 0 Å². The largest absolute Gasteiger partial charge is 0.497 e. The highest BCUT2D eigenvalue weighted by molar-refractivity contribution is 6.06. The third-order valence-corrected chi connectivity index (χ3v) is 6.88. The van der Waals surface area contributed by atoms with Gasteiger partial charge in [-0.3, -0.25) is 9.80 Å². The number of hydrogen-bond donors (Lipinski definition) is 1. The molecule has 9 nitrogen and oxygen atoms in total. The van der Waals surface area contributed by atoms with Crippen molar-refractivity contribution < 1.29 is 14.3 Å². The first-order valence-electron chi connectivity index (χ1n) is 12.3. The van der Waals surface area contributed by atoms with Crippen molar-refractivity contribution in [3.63, 3.8) is 0 Å². The number of rotatable bonds is 7. The second kappa shape index (κ2) is 10.4. The zero-order valence-corrected chi connectivity index (χ0v) is 21.0. The van der Waals surface area contributed by atoms with Crippen LogP contribution in [0.25, 0.3) is 0 Å². The zero-order valence-electron chi connectivity index (χ0n) is 21.0. The Morgan fingerprint density at radius 3 is 2.36 bits per heavy atom. The average Bonchev–Trinajstić information content (AvgIpc) is 2.93. The van der Waals surface area contributed by atoms with Crippen LogP contribution in [0.3, 0.4) is 0 Å². The molecule has 1 saturated heterocycles. The number of para-hydroxylation sites is 1. The van der Waals surface area contributed by atoms with E-state index in [0.29, 0.717) is 35.5 Å². The molecule has 2 aliphatic heterocycles. The van der Waals surface area contributed by atoms with E-state index in [1.165, 1.54) is 0 Å². The van der Waals surface area contributed by atoms with Crippen LogP contribution in [0, 0.1) is 0 Å². The smallest absolute Gasteiger partial charge is 0.330 e. The van der Waals surface area contributed by atoms with E-state index < -0.39 is 0 Å². The van der Waals surface area contributed by atoms with Gasteiger partial charge < -0.3 is 19.7 Å². The predicted molar refractivity (Wildman–Crippen MR) is 140 cm³/mol. The summed E-state index contributed by atoms with van der Waals surface area (Å²) >= 11 is 0. The molecule has 0 saturated carbocycles. The summed E-state index contributed by atoms with van der Waals surface area (Å²) in [6, 6.07) is 15.3. The number of hydrogen-bond acceptors (Lipinski definition) is 7. The molecule has 5 rings (SSSR count). The van der Waals surface area contributed by atoms with Crippen LogP contribution in [0.5, 0.6) is 11.5 Å². The van der Waals surface area contributed by atoms with Gasteiger partial charge >= 0.3 is 6.03 Å². The Balaban J connectivity index is 1.53. The van der Waals surface area contributed by atoms with Crippen molar-refractivity contribution in [1.29, 1.82) is 0 Å². The number of carbonyl (C=O) groups excluding carboxylic acids is 1. The zero-order chi connectivity index (χ0) is 25.1. The van der Waals surface area contributed by atoms with E-state index in [-0.39, 0.29) is 12.1 Å². The van der Waals surface area contributed by atoms with Crippen LogP contribution in [0.15, 0.2) is 54.7 Å². The Bertz CT molecular complexity index is 1190. The molecule has 0 bridgehead atoms. The van der Waals surface area contributed by atoms with Gasteiger partial charge in [0.15, 0.2) is 0 Å².